The predicted molar refractivity (Wildman–Crippen MR) is 204 cm³/mol. The van der Waals surface area contributed by atoms with E-state index in [1.165, 1.54) is 17.8 Å². The Balaban J connectivity index is -0.000000163. The maximum absolute atomic E-state index is 10.9. The highest BCUT2D eigenvalue weighted by molar-refractivity contribution is 7.89. The van der Waals surface area contributed by atoms with Crippen LogP contribution in [0.25, 0.3) is 0 Å². The topological polar surface area (TPSA) is 186 Å². The molecule has 306 valence electrons. The number of ketones is 1. The van der Waals surface area contributed by atoms with Gasteiger partial charge in [-0.25, -0.2) is 17.5 Å². The Hall–Kier alpha value is -2.87. The number of nitrogens with zero attached hydrogens (tertiary/aromatic N) is 7. The van der Waals surface area contributed by atoms with Crippen molar-refractivity contribution in [3.05, 3.63) is 0 Å². The van der Waals surface area contributed by atoms with Gasteiger partial charge >= 0.3 is 6.09 Å². The predicted octanol–water partition coefficient (Wildman–Crippen LogP) is 1.90. The van der Waals surface area contributed by atoms with Gasteiger partial charge in [0.2, 0.25) is 27.7 Å². The van der Waals surface area contributed by atoms with E-state index in [-0.39, 0.29) is 61.3 Å². The first-order valence-electron chi connectivity index (χ1n) is 15.0. The van der Waals surface area contributed by atoms with Crippen LogP contribution in [0.15, 0.2) is 0 Å². The van der Waals surface area contributed by atoms with Crippen LogP contribution >= 0.6 is 0 Å². The zero-order valence-corrected chi connectivity index (χ0v) is 29.8. The number of cyclic esters (lactones) is 1. The Morgan fingerprint density at radius 1 is 0.510 bits per heavy atom. The van der Waals surface area contributed by atoms with Crippen molar-refractivity contribution < 1.29 is 45.5 Å². The molecule has 0 aromatic rings. The highest BCUT2D eigenvalue weighted by Crippen LogP contribution is 2.10. The van der Waals surface area contributed by atoms with Crippen LogP contribution in [0.4, 0.5) is 4.79 Å². The van der Waals surface area contributed by atoms with E-state index in [4.69, 9.17) is 0 Å². The van der Waals surface area contributed by atoms with Crippen molar-refractivity contribution in [1.29, 1.82) is 0 Å². The van der Waals surface area contributed by atoms with E-state index in [2.05, 4.69) is 4.74 Å². The largest absolute Gasteiger partial charge is 0.448 e. The first-order chi connectivity index (χ1) is 21.3. The molecule has 17 nitrogen and oxygen atoms in total. The summed E-state index contributed by atoms with van der Waals surface area (Å²) in [6.07, 6.45) is 4.31. The van der Waals surface area contributed by atoms with Gasteiger partial charge in [-0.2, -0.15) is 17.0 Å². The normalized spacial score (nSPS) is 21.4. The third-order valence-corrected chi connectivity index (χ3v) is 11.5. The molecule has 0 bridgehead atoms. The Labute approximate surface area is 310 Å². The minimum Gasteiger partial charge on any atom is -0.448 e. The summed E-state index contributed by atoms with van der Waals surface area (Å²) in [6, 6.07) is 0. The third-order valence-electron chi connectivity index (χ3n) is 7.64. The molecule has 0 aliphatic carbocycles. The van der Waals surface area contributed by atoms with Crippen LogP contribution in [-0.4, -0.2) is 186 Å². The summed E-state index contributed by atoms with van der Waals surface area (Å²) < 4.78 is 51.9. The SMILES string of the molecule is C.C.C.C.C.CN1CC(=O)CC1=O.CN1CCCC1=O.CN1CCCC1=O.CN1CCCS1(=O)=O.CN1CCN(C)S1(=O)=O.CN1CCOC1=O. The summed E-state index contributed by atoms with van der Waals surface area (Å²) in [5.41, 5.74) is 0. The average Bonchev–Trinajstić information content (AvgIpc) is 3.82. The maximum Gasteiger partial charge on any atom is 0.409 e. The number of carbonyl (C=O) groups is 5. The van der Waals surface area contributed by atoms with Gasteiger partial charge in [0, 0.05) is 94.9 Å². The molecule has 51 heavy (non-hydrogen) atoms. The Morgan fingerprint density at radius 2 is 0.961 bits per heavy atom. The molecule has 19 heteroatoms. The number of ether oxygens (including phenoxy) is 1. The van der Waals surface area contributed by atoms with E-state index in [0.29, 0.717) is 50.4 Å². The lowest BCUT2D eigenvalue weighted by Crippen LogP contribution is -2.27. The van der Waals surface area contributed by atoms with Crippen LogP contribution in [0.5, 0.6) is 0 Å². The molecule has 6 heterocycles. The fourth-order valence-electron chi connectivity index (χ4n) is 4.26. The zero-order chi connectivity index (χ0) is 35.2. The number of hydrogen-bond acceptors (Lipinski definition) is 10. The average molecular weight is 778 g/mol. The summed E-state index contributed by atoms with van der Waals surface area (Å²) in [7, 11) is 5.98. The first kappa shape index (κ1) is 57.5. The first-order valence-corrected chi connectivity index (χ1v) is 18.0. The van der Waals surface area contributed by atoms with E-state index in [1.54, 1.807) is 49.9 Å². The summed E-state index contributed by atoms with van der Waals surface area (Å²) >= 11 is 0. The Morgan fingerprint density at radius 3 is 1.06 bits per heavy atom. The number of likely N-dealkylation sites (N-methyl/N-ethyl adjacent to an activating group) is 4. The second-order valence-corrected chi connectivity index (χ2v) is 15.8. The summed E-state index contributed by atoms with van der Waals surface area (Å²) in [6.45, 7) is 5.42. The third kappa shape index (κ3) is 20.1. The van der Waals surface area contributed by atoms with Gasteiger partial charge in [-0.3, -0.25) is 19.2 Å². The molecule has 0 spiro atoms. The summed E-state index contributed by atoms with van der Waals surface area (Å²) in [5.74, 6) is 0.885. The lowest BCUT2D eigenvalue weighted by atomic mass is 10.3. The molecule has 6 aliphatic rings. The minimum atomic E-state index is -3.04. The standard InChI is InChI=1S/C5H7NO2.2C5H9NO.C4H10N2O2S.C4H9NO2S.C4H7NO2.5CH4/c1-6-3-4(7)2-5(6)8;2*1-6-4-2-3-5(6)7;1-5-3-4-6(2)9(5,7)8;1-5-3-2-4-8(5,6)7;1-5-2-3-7-4(5)6;;;;;/h2-3H2,1H3;2*2-4H2,1H3;3-4H2,1-2H3;2-4H2,1H3;2-3H2,1H3;5*1H4. The highest BCUT2D eigenvalue weighted by Gasteiger charge is 2.30. The number of Topliss-reactive ketones (excluding diaryl/α,β-unsaturated/α-hetero) is 1. The number of amides is 4. The summed E-state index contributed by atoms with van der Waals surface area (Å²) in [4.78, 5) is 58.7. The van der Waals surface area contributed by atoms with Crippen LogP contribution in [-0.2, 0) is 44.1 Å². The molecule has 6 rings (SSSR count). The van der Waals surface area contributed by atoms with Crippen molar-refractivity contribution in [2.45, 2.75) is 75.7 Å². The number of hydrogen-bond donors (Lipinski definition) is 0. The second-order valence-electron chi connectivity index (χ2n) is 11.5. The number of sulfonamides is 1. The van der Waals surface area contributed by atoms with Gasteiger partial charge in [-0.1, -0.05) is 37.1 Å². The van der Waals surface area contributed by atoms with Crippen molar-refractivity contribution in [3.63, 3.8) is 0 Å². The number of likely N-dealkylation sites (tertiary alicyclic amines) is 3. The van der Waals surface area contributed by atoms with Gasteiger partial charge in [-0.15, -0.1) is 0 Å². The van der Waals surface area contributed by atoms with E-state index >= 15 is 0 Å². The van der Waals surface area contributed by atoms with Gasteiger partial charge in [0.15, 0.2) is 5.78 Å². The molecular weight excluding hydrogens is 707 g/mol. The molecule has 6 saturated heterocycles. The van der Waals surface area contributed by atoms with Gasteiger partial charge in [0.1, 0.15) is 6.61 Å². The van der Waals surface area contributed by atoms with Gasteiger partial charge < -0.3 is 24.3 Å². The lowest BCUT2D eigenvalue weighted by Gasteiger charge is -2.08. The van der Waals surface area contributed by atoms with Crippen LogP contribution in [0.3, 0.4) is 0 Å². The fourth-order valence-corrected chi connectivity index (χ4v) is 6.58. The Kier molecular flexibility index (Phi) is 30.2. The van der Waals surface area contributed by atoms with Crippen molar-refractivity contribution in [1.82, 2.24) is 32.5 Å². The van der Waals surface area contributed by atoms with Gasteiger partial charge in [0.25, 0.3) is 10.2 Å². The smallest absolute Gasteiger partial charge is 0.409 e. The molecule has 6 fully saturated rings. The van der Waals surface area contributed by atoms with Crippen LogP contribution in [0, 0.1) is 0 Å². The van der Waals surface area contributed by atoms with Crippen LogP contribution in [0.1, 0.15) is 75.7 Å². The molecule has 0 aromatic heterocycles. The quantitative estimate of drug-likeness (QED) is 0.329. The van der Waals surface area contributed by atoms with E-state index in [9.17, 15) is 40.8 Å². The van der Waals surface area contributed by atoms with Crippen LogP contribution < -0.4 is 0 Å². The molecule has 4 amide bonds. The van der Waals surface area contributed by atoms with Crippen LogP contribution in [0.2, 0.25) is 0 Å². The maximum atomic E-state index is 10.9. The number of rotatable bonds is 0. The minimum absolute atomic E-state index is 0. The molecule has 0 atom stereocenters. The van der Waals surface area contributed by atoms with Gasteiger partial charge in [-0.05, 0) is 19.3 Å². The molecular formula is C32H71N7O10S2. The number of carbonyl (C=O) groups excluding carboxylic acids is 5. The molecule has 0 unspecified atom stereocenters. The molecule has 6 aliphatic heterocycles. The zero-order valence-electron chi connectivity index (χ0n) is 28.1. The molecule has 0 aromatic carbocycles. The van der Waals surface area contributed by atoms with E-state index in [1.807, 2.05) is 14.1 Å². The van der Waals surface area contributed by atoms with E-state index < -0.39 is 20.2 Å². The molecule has 0 saturated carbocycles. The van der Waals surface area contributed by atoms with E-state index in [0.717, 1.165) is 51.7 Å². The molecule has 0 N–H and O–H groups in total. The second kappa shape index (κ2) is 26.8. The van der Waals surface area contributed by atoms with Crippen molar-refractivity contribution in [2.24, 2.45) is 0 Å². The molecule has 0 radical (unpaired) electrons. The lowest BCUT2D eigenvalue weighted by molar-refractivity contribution is -0.127. The highest BCUT2D eigenvalue weighted by atomic mass is 32.2. The Bertz CT molecular complexity index is 1210. The fraction of sp³-hybridized carbons (Fsp3) is 0.844. The van der Waals surface area contributed by atoms with Crippen molar-refractivity contribution >= 4 is 49.8 Å². The van der Waals surface area contributed by atoms with Crippen molar-refractivity contribution in [3.8, 4) is 0 Å². The van der Waals surface area contributed by atoms with Crippen molar-refractivity contribution in [2.75, 3.05) is 108 Å². The summed E-state index contributed by atoms with van der Waals surface area (Å²) in [5, 5.41) is 0. The monoisotopic (exact) mass is 777 g/mol. The van der Waals surface area contributed by atoms with Gasteiger partial charge in [0.05, 0.1) is 25.3 Å².